The molecule has 0 spiro atoms. The van der Waals surface area contributed by atoms with Gasteiger partial charge in [-0.25, -0.2) is 9.59 Å². The van der Waals surface area contributed by atoms with Crippen molar-refractivity contribution in [2.24, 2.45) is 0 Å². The molecule has 1 aromatic rings. The summed E-state index contributed by atoms with van der Waals surface area (Å²) < 4.78 is 4.88. The summed E-state index contributed by atoms with van der Waals surface area (Å²) in [4.78, 5) is 39.9. The van der Waals surface area contributed by atoms with Crippen LogP contribution in [0.4, 0.5) is 4.79 Å². The molecule has 110 valence electrons. The number of carbonyl (C=O) groups is 2. The zero-order valence-electron chi connectivity index (χ0n) is 10.6. The van der Waals surface area contributed by atoms with Crippen LogP contribution in [0.5, 0.6) is 0 Å². The van der Waals surface area contributed by atoms with Gasteiger partial charge in [0.2, 0.25) is 0 Å². The number of carboxylic acid groups (broad SMARTS) is 1. The third kappa shape index (κ3) is 6.47. The van der Waals surface area contributed by atoms with Gasteiger partial charge in [-0.05, 0) is 12.0 Å². The minimum atomic E-state index is -2.18. The average molecular weight is 301 g/mol. The molecule has 0 fully saturated rings. The third-order valence-corrected chi connectivity index (χ3v) is 3.08. The minimum Gasteiger partial charge on any atom is -0.480 e. The monoisotopic (exact) mass is 301 g/mol. The highest BCUT2D eigenvalue weighted by Gasteiger charge is 2.21. The summed E-state index contributed by atoms with van der Waals surface area (Å²) >= 11 is 0. The van der Waals surface area contributed by atoms with E-state index in [2.05, 4.69) is 5.32 Å². The van der Waals surface area contributed by atoms with Gasteiger partial charge < -0.3 is 24.9 Å². The van der Waals surface area contributed by atoms with E-state index in [1.54, 1.807) is 24.3 Å². The van der Waals surface area contributed by atoms with E-state index in [1.165, 1.54) is 0 Å². The van der Waals surface area contributed by atoms with Crippen molar-refractivity contribution >= 4 is 20.4 Å². The summed E-state index contributed by atoms with van der Waals surface area (Å²) in [6, 6.07) is 7.75. The maximum atomic E-state index is 11.5. The number of carbonyl (C=O) groups excluding carboxylic acids is 1. The first kappa shape index (κ1) is 16.4. The zero-order valence-corrected chi connectivity index (χ0v) is 11.5. The standard InChI is InChI=1S/C12H16NO6P/c14-11(15)10(6-7-20(17)18)13-12(16)19-8-9-4-2-1-3-5-9/h1-5,10,17-18H,6-8H2,(H,13,16)(H,14,15). The van der Waals surface area contributed by atoms with Crippen molar-refractivity contribution in [3.05, 3.63) is 35.9 Å². The molecule has 20 heavy (non-hydrogen) atoms. The summed E-state index contributed by atoms with van der Waals surface area (Å²) in [6.45, 7) is 0.0335. The molecular formula is C12H16NO6P. The van der Waals surface area contributed by atoms with Gasteiger partial charge in [-0.2, -0.15) is 0 Å². The van der Waals surface area contributed by atoms with Crippen LogP contribution in [0.15, 0.2) is 30.3 Å². The highest BCUT2D eigenvalue weighted by atomic mass is 31.2. The van der Waals surface area contributed by atoms with Gasteiger partial charge in [0.15, 0.2) is 8.38 Å². The fourth-order valence-corrected chi connectivity index (χ4v) is 1.90. The number of benzene rings is 1. The normalized spacial score (nSPS) is 11.9. The Balaban J connectivity index is 2.40. The molecule has 0 bridgehead atoms. The first-order chi connectivity index (χ1) is 9.49. The van der Waals surface area contributed by atoms with E-state index in [4.69, 9.17) is 19.6 Å². The van der Waals surface area contributed by atoms with Crippen LogP contribution in [0.1, 0.15) is 12.0 Å². The van der Waals surface area contributed by atoms with Gasteiger partial charge in [0, 0.05) is 6.16 Å². The Morgan fingerprint density at radius 2 is 1.90 bits per heavy atom. The smallest absolute Gasteiger partial charge is 0.408 e. The molecular weight excluding hydrogens is 285 g/mol. The minimum absolute atomic E-state index is 0.0335. The molecule has 0 heterocycles. The summed E-state index contributed by atoms with van der Waals surface area (Å²) in [5.41, 5.74) is 0.781. The number of aliphatic carboxylic acids is 1. The maximum Gasteiger partial charge on any atom is 0.408 e. The second-order valence-corrected chi connectivity index (χ2v) is 5.17. The van der Waals surface area contributed by atoms with Gasteiger partial charge >= 0.3 is 12.1 Å². The Hall–Kier alpha value is -1.69. The van der Waals surface area contributed by atoms with Crippen LogP contribution >= 0.6 is 8.38 Å². The second kappa shape index (κ2) is 8.47. The second-order valence-electron chi connectivity index (χ2n) is 3.98. The molecule has 1 aromatic carbocycles. The molecule has 0 saturated carbocycles. The van der Waals surface area contributed by atoms with Crippen LogP contribution < -0.4 is 5.32 Å². The van der Waals surface area contributed by atoms with E-state index >= 15 is 0 Å². The van der Waals surface area contributed by atoms with E-state index in [1.807, 2.05) is 6.07 Å². The fraction of sp³-hybridized carbons (Fsp3) is 0.333. The summed E-state index contributed by atoms with van der Waals surface area (Å²) in [5.74, 6) is -1.25. The lowest BCUT2D eigenvalue weighted by Crippen LogP contribution is -2.41. The molecule has 7 nitrogen and oxygen atoms in total. The SMILES string of the molecule is O=C(NC(CCP(O)O)C(=O)O)OCc1ccccc1. The number of hydrogen-bond donors (Lipinski definition) is 4. The molecule has 0 aliphatic rings. The largest absolute Gasteiger partial charge is 0.480 e. The maximum absolute atomic E-state index is 11.5. The molecule has 8 heteroatoms. The van der Waals surface area contributed by atoms with E-state index < -0.39 is 26.5 Å². The average Bonchev–Trinajstić information content (AvgIpc) is 2.41. The van der Waals surface area contributed by atoms with Crippen molar-refractivity contribution in [1.29, 1.82) is 0 Å². The number of amides is 1. The zero-order chi connectivity index (χ0) is 15.0. The number of carboxylic acids is 1. The third-order valence-electron chi connectivity index (χ3n) is 2.42. The van der Waals surface area contributed by atoms with Crippen molar-refractivity contribution in [2.75, 3.05) is 6.16 Å². The van der Waals surface area contributed by atoms with Crippen LogP contribution in [-0.4, -0.2) is 39.2 Å². The number of hydrogen-bond acceptors (Lipinski definition) is 5. The van der Waals surface area contributed by atoms with E-state index in [-0.39, 0.29) is 19.2 Å². The molecule has 0 aliphatic carbocycles. The molecule has 0 aliphatic heterocycles. The Morgan fingerprint density at radius 1 is 1.25 bits per heavy atom. The van der Waals surface area contributed by atoms with Crippen LogP contribution in [0.3, 0.4) is 0 Å². The van der Waals surface area contributed by atoms with Gasteiger partial charge in [0.05, 0.1) is 0 Å². The summed E-state index contributed by atoms with van der Waals surface area (Å²) in [5, 5.41) is 11.1. The molecule has 1 atom stereocenters. The highest BCUT2D eigenvalue weighted by molar-refractivity contribution is 7.45. The van der Waals surface area contributed by atoms with Gasteiger partial charge in [0.1, 0.15) is 12.6 Å². The van der Waals surface area contributed by atoms with Crippen LogP contribution in [0, 0.1) is 0 Å². The van der Waals surface area contributed by atoms with Crippen molar-refractivity contribution in [3.8, 4) is 0 Å². The lowest BCUT2D eigenvalue weighted by Gasteiger charge is -2.14. The number of rotatable bonds is 7. The first-order valence-electron chi connectivity index (χ1n) is 5.84. The molecule has 0 aromatic heterocycles. The predicted molar refractivity (Wildman–Crippen MR) is 72.0 cm³/mol. The van der Waals surface area contributed by atoms with E-state index in [0.717, 1.165) is 5.56 Å². The Morgan fingerprint density at radius 3 is 2.45 bits per heavy atom. The lowest BCUT2D eigenvalue weighted by atomic mass is 10.2. The van der Waals surface area contributed by atoms with E-state index in [0.29, 0.717) is 0 Å². The Labute approximate surface area is 117 Å². The number of ether oxygens (including phenoxy) is 1. The molecule has 0 radical (unpaired) electrons. The van der Waals surface area contributed by atoms with Crippen LogP contribution in [0.2, 0.25) is 0 Å². The van der Waals surface area contributed by atoms with E-state index in [9.17, 15) is 9.59 Å². The van der Waals surface area contributed by atoms with Crippen LogP contribution in [0.25, 0.3) is 0 Å². The van der Waals surface area contributed by atoms with Crippen molar-refractivity contribution in [3.63, 3.8) is 0 Å². The van der Waals surface area contributed by atoms with Gasteiger partial charge in [-0.15, -0.1) is 0 Å². The van der Waals surface area contributed by atoms with Crippen molar-refractivity contribution in [1.82, 2.24) is 5.32 Å². The Kier molecular flexibility index (Phi) is 6.93. The topological polar surface area (TPSA) is 116 Å². The van der Waals surface area contributed by atoms with Crippen LogP contribution in [-0.2, 0) is 16.1 Å². The molecule has 1 rings (SSSR count). The van der Waals surface area contributed by atoms with Gasteiger partial charge in [-0.1, -0.05) is 30.3 Å². The lowest BCUT2D eigenvalue weighted by molar-refractivity contribution is -0.139. The molecule has 0 saturated heterocycles. The molecule has 1 amide bonds. The quantitative estimate of drug-likeness (QED) is 0.559. The summed E-state index contributed by atoms with van der Waals surface area (Å²) in [6.07, 6.45) is -1.03. The predicted octanol–water partition coefficient (Wildman–Crippen LogP) is 1.05. The molecule has 1 unspecified atom stereocenters. The van der Waals surface area contributed by atoms with Gasteiger partial charge in [-0.3, -0.25) is 0 Å². The highest BCUT2D eigenvalue weighted by Crippen LogP contribution is 2.24. The van der Waals surface area contributed by atoms with Gasteiger partial charge in [0.25, 0.3) is 0 Å². The fourth-order valence-electron chi connectivity index (χ4n) is 1.41. The molecule has 4 N–H and O–H groups in total. The number of nitrogens with one attached hydrogen (secondary N) is 1. The summed E-state index contributed by atoms with van der Waals surface area (Å²) in [7, 11) is -2.18. The Bertz CT molecular complexity index is 439. The van der Waals surface area contributed by atoms with Crippen molar-refractivity contribution in [2.45, 2.75) is 19.1 Å². The number of alkyl carbamates (subject to hydrolysis) is 1. The van der Waals surface area contributed by atoms with Crippen molar-refractivity contribution < 1.29 is 29.2 Å². The first-order valence-corrected chi connectivity index (χ1v) is 7.27.